The van der Waals surface area contributed by atoms with Gasteiger partial charge in [-0.15, -0.1) is 0 Å². The molecule has 42 heavy (non-hydrogen) atoms. The van der Waals surface area contributed by atoms with E-state index in [2.05, 4.69) is 39.3 Å². The third-order valence-corrected chi connectivity index (χ3v) is 8.08. The molecule has 0 saturated carbocycles. The first-order valence-corrected chi connectivity index (χ1v) is 14.7. The SMILES string of the molecule is C=CCOC(=O)c1sc(N2C(=O)C(=O)/C(=C(/O)c3ccc(OCCCC)cc3)C2c2ccc(C(C)(C)C)cc2)nc1C. The monoisotopic (exact) mass is 588 g/mol. The fourth-order valence-electron chi connectivity index (χ4n) is 4.58. The molecular weight excluding hydrogens is 552 g/mol. The number of ether oxygens (including phenoxy) is 2. The molecule has 4 rings (SSSR count). The second-order valence-corrected chi connectivity index (χ2v) is 12.0. The number of unbranched alkanes of at least 4 members (excludes halogenated alkanes) is 1. The van der Waals surface area contributed by atoms with Gasteiger partial charge in [0, 0.05) is 5.56 Å². The summed E-state index contributed by atoms with van der Waals surface area (Å²) in [6, 6.07) is 13.4. The van der Waals surface area contributed by atoms with E-state index in [0.29, 0.717) is 29.2 Å². The molecule has 0 radical (unpaired) electrons. The Morgan fingerprint density at radius 1 is 1.12 bits per heavy atom. The maximum Gasteiger partial charge on any atom is 0.350 e. The van der Waals surface area contributed by atoms with Crippen LogP contribution in [0, 0.1) is 6.92 Å². The van der Waals surface area contributed by atoms with Crippen molar-refractivity contribution in [1.29, 1.82) is 0 Å². The van der Waals surface area contributed by atoms with E-state index >= 15 is 0 Å². The standard InChI is InChI=1S/C33H36N2O6S/c1-7-9-19-40-24-16-12-22(13-17-24)27(36)25-26(21-10-14-23(15-11-21)33(4,5)6)35(30(38)28(25)37)32-34-20(3)29(42-32)31(39)41-18-8-2/h8,10-17,26,36H,2,7,9,18-19H2,1,3-6H3/b27-25+. The predicted octanol–water partition coefficient (Wildman–Crippen LogP) is 6.90. The number of anilines is 1. The van der Waals surface area contributed by atoms with E-state index in [1.165, 1.54) is 11.0 Å². The van der Waals surface area contributed by atoms with Crippen molar-refractivity contribution in [3.05, 3.63) is 94.0 Å². The van der Waals surface area contributed by atoms with E-state index in [1.54, 1.807) is 31.2 Å². The summed E-state index contributed by atoms with van der Waals surface area (Å²) >= 11 is 0.960. The summed E-state index contributed by atoms with van der Waals surface area (Å²) in [5.41, 5.74) is 2.24. The number of rotatable bonds is 10. The first-order valence-electron chi connectivity index (χ1n) is 13.9. The molecule has 0 spiro atoms. The highest BCUT2D eigenvalue weighted by Gasteiger charge is 2.48. The summed E-state index contributed by atoms with van der Waals surface area (Å²) in [7, 11) is 0. The Balaban J connectivity index is 1.82. The van der Waals surface area contributed by atoms with Gasteiger partial charge in [0.1, 0.15) is 23.0 Å². The van der Waals surface area contributed by atoms with Gasteiger partial charge in [0.2, 0.25) is 0 Å². The van der Waals surface area contributed by atoms with Gasteiger partial charge in [-0.1, -0.05) is 82.4 Å². The third-order valence-electron chi connectivity index (χ3n) is 6.94. The van der Waals surface area contributed by atoms with Crippen molar-refractivity contribution >= 4 is 39.9 Å². The van der Waals surface area contributed by atoms with E-state index in [1.807, 2.05) is 24.3 Å². The average molecular weight is 589 g/mol. The molecule has 9 heteroatoms. The van der Waals surface area contributed by atoms with E-state index in [0.717, 1.165) is 29.7 Å². The maximum atomic E-state index is 13.6. The maximum absolute atomic E-state index is 13.6. The lowest BCUT2D eigenvalue weighted by Crippen LogP contribution is -2.29. The number of thiazole rings is 1. The molecule has 3 aromatic rings. The van der Waals surface area contributed by atoms with Crippen molar-refractivity contribution in [2.75, 3.05) is 18.1 Å². The molecule has 1 aliphatic heterocycles. The normalized spacial score (nSPS) is 16.5. The first-order chi connectivity index (χ1) is 20.0. The Bertz CT molecular complexity index is 1510. The summed E-state index contributed by atoms with van der Waals surface area (Å²) in [5, 5.41) is 11.6. The number of ketones is 1. The molecule has 2 aromatic carbocycles. The fourth-order valence-corrected chi connectivity index (χ4v) is 5.57. The third kappa shape index (κ3) is 6.31. The number of carbonyl (C=O) groups is 3. The first kappa shape index (κ1) is 30.7. The van der Waals surface area contributed by atoms with Crippen LogP contribution in [0.2, 0.25) is 0 Å². The summed E-state index contributed by atoms with van der Waals surface area (Å²) in [6.07, 6.45) is 3.38. The largest absolute Gasteiger partial charge is 0.507 e. The molecule has 8 nitrogen and oxygen atoms in total. The molecular formula is C33H36N2O6S. The molecule has 1 fully saturated rings. The Labute approximate surface area is 250 Å². The molecule has 0 bridgehead atoms. The van der Waals surface area contributed by atoms with Crippen LogP contribution in [-0.4, -0.2) is 41.0 Å². The second-order valence-electron chi connectivity index (χ2n) is 11.1. The summed E-state index contributed by atoms with van der Waals surface area (Å²) in [5.74, 6) is -1.95. The number of nitrogens with zero attached hydrogens (tertiary/aromatic N) is 2. The minimum atomic E-state index is -0.970. The highest BCUT2D eigenvalue weighted by molar-refractivity contribution is 7.17. The number of aliphatic hydroxyl groups excluding tert-OH is 1. The number of carbonyl (C=O) groups excluding carboxylic acids is 3. The number of benzene rings is 2. The molecule has 1 aromatic heterocycles. The Morgan fingerprint density at radius 3 is 2.38 bits per heavy atom. The minimum absolute atomic E-state index is 0.0264. The van der Waals surface area contributed by atoms with Gasteiger partial charge in [-0.2, -0.15) is 0 Å². The topological polar surface area (TPSA) is 106 Å². The van der Waals surface area contributed by atoms with Gasteiger partial charge >= 0.3 is 11.9 Å². The number of esters is 1. The van der Waals surface area contributed by atoms with Crippen molar-refractivity contribution in [2.45, 2.75) is 58.9 Å². The lowest BCUT2D eigenvalue weighted by Gasteiger charge is -2.24. The molecule has 1 atom stereocenters. The lowest BCUT2D eigenvalue weighted by molar-refractivity contribution is -0.132. The van der Waals surface area contributed by atoms with Crippen molar-refractivity contribution in [3.63, 3.8) is 0 Å². The molecule has 1 amide bonds. The van der Waals surface area contributed by atoms with Crippen LogP contribution in [0.15, 0.2) is 66.8 Å². The van der Waals surface area contributed by atoms with E-state index in [9.17, 15) is 19.5 Å². The molecule has 1 aliphatic rings. The number of hydrogen-bond donors (Lipinski definition) is 1. The highest BCUT2D eigenvalue weighted by atomic mass is 32.1. The van der Waals surface area contributed by atoms with Crippen LogP contribution in [0.25, 0.3) is 5.76 Å². The number of aliphatic hydroxyl groups is 1. The zero-order valence-electron chi connectivity index (χ0n) is 24.6. The molecule has 2 heterocycles. The van der Waals surface area contributed by atoms with E-state index in [4.69, 9.17) is 9.47 Å². The van der Waals surface area contributed by atoms with Crippen molar-refractivity contribution in [2.24, 2.45) is 0 Å². The summed E-state index contributed by atoms with van der Waals surface area (Å²) < 4.78 is 10.9. The molecule has 220 valence electrons. The number of aromatic nitrogens is 1. The van der Waals surface area contributed by atoms with Gasteiger partial charge in [-0.3, -0.25) is 14.5 Å². The van der Waals surface area contributed by atoms with Crippen LogP contribution in [0.5, 0.6) is 5.75 Å². The predicted molar refractivity (Wildman–Crippen MR) is 164 cm³/mol. The second kappa shape index (κ2) is 12.7. The van der Waals surface area contributed by atoms with E-state index in [-0.39, 0.29) is 33.4 Å². The minimum Gasteiger partial charge on any atom is -0.507 e. The number of aryl methyl sites for hydroxylation is 1. The zero-order valence-corrected chi connectivity index (χ0v) is 25.4. The van der Waals surface area contributed by atoms with Crippen LogP contribution in [0.4, 0.5) is 5.13 Å². The molecule has 1 saturated heterocycles. The van der Waals surface area contributed by atoms with Gasteiger partial charge in [-0.25, -0.2) is 9.78 Å². The van der Waals surface area contributed by atoms with Crippen LogP contribution in [0.3, 0.4) is 0 Å². The van der Waals surface area contributed by atoms with Crippen LogP contribution in [0.1, 0.15) is 78.6 Å². The Morgan fingerprint density at radius 2 is 1.79 bits per heavy atom. The van der Waals surface area contributed by atoms with Crippen LogP contribution >= 0.6 is 11.3 Å². The smallest absolute Gasteiger partial charge is 0.350 e. The van der Waals surface area contributed by atoms with Crippen molar-refractivity contribution in [1.82, 2.24) is 4.98 Å². The summed E-state index contributed by atoms with van der Waals surface area (Å²) in [4.78, 5) is 45.7. The molecule has 1 N–H and O–H groups in total. The van der Waals surface area contributed by atoms with Crippen molar-refractivity contribution in [3.8, 4) is 5.75 Å². The fraction of sp³-hybridized carbons (Fsp3) is 0.333. The summed E-state index contributed by atoms with van der Waals surface area (Å²) in [6.45, 7) is 14.2. The molecule has 0 aliphatic carbocycles. The van der Waals surface area contributed by atoms with Crippen LogP contribution < -0.4 is 9.64 Å². The quantitative estimate of drug-likeness (QED) is 0.0686. The molecule has 1 unspecified atom stereocenters. The average Bonchev–Trinajstić information content (AvgIpc) is 3.47. The van der Waals surface area contributed by atoms with Gasteiger partial charge in [0.15, 0.2) is 5.13 Å². The van der Waals surface area contributed by atoms with Crippen molar-refractivity contribution < 1.29 is 29.0 Å². The number of Topliss-reactive ketones (excluding diaryl/α,β-unsaturated/α-hetero) is 1. The van der Waals surface area contributed by atoms with E-state index < -0.39 is 23.7 Å². The lowest BCUT2D eigenvalue weighted by atomic mass is 9.85. The van der Waals surface area contributed by atoms with Gasteiger partial charge < -0.3 is 14.6 Å². The Hall–Kier alpha value is -4.24. The number of hydrogen-bond acceptors (Lipinski definition) is 8. The Kier molecular flexibility index (Phi) is 9.31. The number of amides is 1. The van der Waals surface area contributed by atoms with Gasteiger partial charge in [0.25, 0.3) is 5.78 Å². The zero-order chi connectivity index (χ0) is 30.6. The van der Waals surface area contributed by atoms with Crippen LogP contribution in [-0.2, 0) is 19.7 Å². The highest BCUT2D eigenvalue weighted by Crippen LogP contribution is 2.44. The van der Waals surface area contributed by atoms with Gasteiger partial charge in [-0.05, 0) is 54.2 Å². The van der Waals surface area contributed by atoms with Gasteiger partial charge in [0.05, 0.1) is 23.9 Å².